The summed E-state index contributed by atoms with van der Waals surface area (Å²) in [6.07, 6.45) is 5.23. The van der Waals surface area contributed by atoms with Crippen LogP contribution in [0.5, 0.6) is 0 Å². The topological polar surface area (TPSA) is 25.4 Å². The molecule has 0 amide bonds. The van der Waals surface area contributed by atoms with Crippen LogP contribution in [0.2, 0.25) is 0 Å². The number of hydrogen-bond acceptors (Lipinski definition) is 4. The third-order valence-electron chi connectivity index (χ3n) is 3.25. The third kappa shape index (κ3) is 2.76. The highest BCUT2D eigenvalue weighted by Crippen LogP contribution is 2.30. The molecule has 90 valence electrons. The molecule has 1 saturated carbocycles. The Bertz CT molecular complexity index is 344. The van der Waals surface area contributed by atoms with Gasteiger partial charge in [-0.2, -0.15) is 0 Å². The molecule has 1 aliphatic carbocycles. The summed E-state index contributed by atoms with van der Waals surface area (Å²) < 4.78 is 6.39. The standard InChI is InChI=1S/C11H17BrN2OS/c1-14(11-13-10(12)7-16-11)8-4-3-5-9(6-8)15-2/h7-9H,3-6H2,1-2H3. The van der Waals surface area contributed by atoms with E-state index in [1.807, 2.05) is 12.5 Å². The first-order valence-corrected chi connectivity index (χ1v) is 7.24. The third-order valence-corrected chi connectivity index (χ3v) is 4.89. The maximum Gasteiger partial charge on any atom is 0.186 e. The van der Waals surface area contributed by atoms with E-state index in [1.54, 1.807) is 11.3 Å². The van der Waals surface area contributed by atoms with Crippen molar-refractivity contribution in [2.75, 3.05) is 19.1 Å². The van der Waals surface area contributed by atoms with Gasteiger partial charge >= 0.3 is 0 Å². The Morgan fingerprint density at radius 2 is 2.38 bits per heavy atom. The van der Waals surface area contributed by atoms with E-state index in [0.29, 0.717) is 12.1 Å². The molecule has 0 N–H and O–H groups in total. The minimum Gasteiger partial charge on any atom is -0.381 e. The van der Waals surface area contributed by atoms with E-state index in [9.17, 15) is 0 Å². The molecule has 1 fully saturated rings. The predicted molar refractivity (Wildman–Crippen MR) is 71.3 cm³/mol. The Balaban J connectivity index is 2.01. The van der Waals surface area contributed by atoms with Gasteiger partial charge in [-0.1, -0.05) is 0 Å². The molecule has 0 saturated heterocycles. The number of hydrogen-bond donors (Lipinski definition) is 0. The minimum atomic E-state index is 0.421. The second-order valence-corrected chi connectivity index (χ2v) is 5.89. The van der Waals surface area contributed by atoms with Crippen molar-refractivity contribution in [3.63, 3.8) is 0 Å². The molecule has 1 aliphatic rings. The molecular weight excluding hydrogens is 288 g/mol. The van der Waals surface area contributed by atoms with Crippen molar-refractivity contribution in [3.8, 4) is 0 Å². The Morgan fingerprint density at radius 1 is 1.56 bits per heavy atom. The van der Waals surface area contributed by atoms with E-state index in [0.717, 1.165) is 16.2 Å². The molecule has 0 bridgehead atoms. The van der Waals surface area contributed by atoms with Crippen LogP contribution in [0.15, 0.2) is 9.98 Å². The number of thiazole rings is 1. The number of rotatable bonds is 3. The lowest BCUT2D eigenvalue weighted by atomic mass is 9.92. The molecule has 0 radical (unpaired) electrons. The fourth-order valence-corrected chi connectivity index (χ4v) is 3.54. The molecule has 1 aromatic rings. The SMILES string of the molecule is COC1CCCC(N(C)c2nc(Br)cs2)C1. The first kappa shape index (κ1) is 12.3. The van der Waals surface area contributed by atoms with Crippen molar-refractivity contribution in [1.29, 1.82) is 0 Å². The highest BCUT2D eigenvalue weighted by Gasteiger charge is 2.26. The van der Waals surface area contributed by atoms with E-state index in [2.05, 4.69) is 32.9 Å². The largest absolute Gasteiger partial charge is 0.381 e. The van der Waals surface area contributed by atoms with Crippen LogP contribution in [0.1, 0.15) is 25.7 Å². The lowest BCUT2D eigenvalue weighted by molar-refractivity contribution is 0.0637. The highest BCUT2D eigenvalue weighted by molar-refractivity contribution is 9.10. The number of nitrogens with zero attached hydrogens (tertiary/aromatic N) is 2. The van der Waals surface area contributed by atoms with E-state index in [1.165, 1.54) is 19.3 Å². The van der Waals surface area contributed by atoms with Gasteiger partial charge in [-0.3, -0.25) is 0 Å². The average Bonchev–Trinajstić information content (AvgIpc) is 2.75. The quantitative estimate of drug-likeness (QED) is 0.857. The van der Waals surface area contributed by atoms with Gasteiger partial charge in [0.25, 0.3) is 0 Å². The summed E-state index contributed by atoms with van der Waals surface area (Å²) in [5.41, 5.74) is 0. The average molecular weight is 305 g/mol. The molecule has 16 heavy (non-hydrogen) atoms. The number of methoxy groups -OCH3 is 1. The molecule has 1 heterocycles. The molecule has 2 atom stereocenters. The Hall–Kier alpha value is -0.130. The first-order valence-electron chi connectivity index (χ1n) is 5.57. The Labute approximate surface area is 109 Å². The van der Waals surface area contributed by atoms with E-state index >= 15 is 0 Å². The van der Waals surface area contributed by atoms with Crippen molar-refractivity contribution in [2.24, 2.45) is 0 Å². The van der Waals surface area contributed by atoms with Crippen molar-refractivity contribution in [1.82, 2.24) is 4.98 Å². The molecule has 2 unspecified atom stereocenters. The maximum atomic E-state index is 5.46. The number of ether oxygens (including phenoxy) is 1. The summed E-state index contributed by atoms with van der Waals surface area (Å²) in [4.78, 5) is 6.75. The molecular formula is C11H17BrN2OS. The van der Waals surface area contributed by atoms with Crippen LogP contribution in [-0.4, -0.2) is 31.3 Å². The molecule has 2 rings (SSSR count). The van der Waals surface area contributed by atoms with Gasteiger partial charge in [0.1, 0.15) is 4.60 Å². The summed E-state index contributed by atoms with van der Waals surface area (Å²) in [6, 6.07) is 0.566. The van der Waals surface area contributed by atoms with Crippen molar-refractivity contribution < 1.29 is 4.74 Å². The molecule has 5 heteroatoms. The van der Waals surface area contributed by atoms with Crippen LogP contribution in [-0.2, 0) is 4.74 Å². The van der Waals surface area contributed by atoms with Gasteiger partial charge in [-0.05, 0) is 41.6 Å². The second-order valence-electron chi connectivity index (χ2n) is 4.24. The van der Waals surface area contributed by atoms with Crippen LogP contribution >= 0.6 is 27.3 Å². The lowest BCUT2D eigenvalue weighted by Gasteiger charge is -2.34. The zero-order chi connectivity index (χ0) is 11.5. The Morgan fingerprint density at radius 3 is 3.00 bits per heavy atom. The number of anilines is 1. The van der Waals surface area contributed by atoms with Gasteiger partial charge in [-0.15, -0.1) is 11.3 Å². The summed E-state index contributed by atoms with van der Waals surface area (Å²) in [5.74, 6) is 0. The van der Waals surface area contributed by atoms with Crippen molar-refractivity contribution in [3.05, 3.63) is 9.98 Å². The molecule has 0 aliphatic heterocycles. The number of halogens is 1. The van der Waals surface area contributed by atoms with Crippen LogP contribution in [0, 0.1) is 0 Å². The fraction of sp³-hybridized carbons (Fsp3) is 0.727. The van der Waals surface area contributed by atoms with Gasteiger partial charge in [0, 0.05) is 25.6 Å². The van der Waals surface area contributed by atoms with Crippen LogP contribution in [0.3, 0.4) is 0 Å². The lowest BCUT2D eigenvalue weighted by Crippen LogP contribution is -2.38. The first-order chi connectivity index (χ1) is 7.70. The van der Waals surface area contributed by atoms with Gasteiger partial charge in [0.05, 0.1) is 6.10 Å². The summed E-state index contributed by atoms with van der Waals surface area (Å²) in [7, 11) is 3.95. The van der Waals surface area contributed by atoms with Gasteiger partial charge in [0.2, 0.25) is 0 Å². The minimum absolute atomic E-state index is 0.421. The van der Waals surface area contributed by atoms with E-state index in [-0.39, 0.29) is 0 Å². The molecule has 0 aromatic carbocycles. The molecule has 0 spiro atoms. The monoisotopic (exact) mass is 304 g/mol. The predicted octanol–water partition coefficient (Wildman–Crippen LogP) is 3.30. The smallest absolute Gasteiger partial charge is 0.186 e. The van der Waals surface area contributed by atoms with Gasteiger partial charge < -0.3 is 9.64 Å². The highest BCUT2D eigenvalue weighted by atomic mass is 79.9. The van der Waals surface area contributed by atoms with Crippen LogP contribution in [0.25, 0.3) is 0 Å². The normalized spacial score (nSPS) is 25.7. The van der Waals surface area contributed by atoms with Crippen molar-refractivity contribution in [2.45, 2.75) is 37.8 Å². The summed E-state index contributed by atoms with van der Waals surface area (Å²) in [6.45, 7) is 0. The zero-order valence-corrected chi connectivity index (χ0v) is 12.1. The summed E-state index contributed by atoms with van der Waals surface area (Å²) in [5, 5.41) is 3.12. The van der Waals surface area contributed by atoms with Crippen molar-refractivity contribution >= 4 is 32.4 Å². The fourth-order valence-electron chi connectivity index (χ4n) is 2.25. The van der Waals surface area contributed by atoms with E-state index < -0.39 is 0 Å². The van der Waals surface area contributed by atoms with E-state index in [4.69, 9.17) is 4.74 Å². The second kappa shape index (κ2) is 5.47. The summed E-state index contributed by atoms with van der Waals surface area (Å²) >= 11 is 5.09. The van der Waals surface area contributed by atoms with Gasteiger partial charge in [-0.25, -0.2) is 4.98 Å². The van der Waals surface area contributed by atoms with Crippen LogP contribution < -0.4 is 4.90 Å². The Kier molecular flexibility index (Phi) is 4.21. The zero-order valence-electron chi connectivity index (χ0n) is 9.65. The van der Waals surface area contributed by atoms with Gasteiger partial charge in [0.15, 0.2) is 5.13 Å². The molecule has 3 nitrogen and oxygen atoms in total. The maximum absolute atomic E-state index is 5.46. The van der Waals surface area contributed by atoms with Crippen LogP contribution in [0.4, 0.5) is 5.13 Å². The molecule has 1 aromatic heterocycles. The number of aromatic nitrogens is 1.